The normalized spacial score (nSPS) is 24.0. The Hall–Kier alpha value is -2.02. The maximum absolute atomic E-state index is 12.5. The average molecular weight is 391 g/mol. The van der Waals surface area contributed by atoms with Crippen molar-refractivity contribution in [3.63, 3.8) is 0 Å². The Morgan fingerprint density at radius 1 is 1.30 bits per heavy atom. The molecule has 0 bridgehead atoms. The minimum Gasteiger partial charge on any atom is -0.454 e. The summed E-state index contributed by atoms with van der Waals surface area (Å²) in [5.41, 5.74) is 2.92. The number of rotatable bonds is 6. The molecular weight excluding hydrogens is 364 g/mol. The Morgan fingerprint density at radius 2 is 1.96 bits per heavy atom. The lowest BCUT2D eigenvalue weighted by molar-refractivity contribution is -0.155. The van der Waals surface area contributed by atoms with Crippen LogP contribution in [-0.4, -0.2) is 46.0 Å². The topological polar surface area (TPSA) is 75.7 Å². The van der Waals surface area contributed by atoms with E-state index >= 15 is 0 Å². The molecule has 2 heterocycles. The van der Waals surface area contributed by atoms with Crippen molar-refractivity contribution in [2.75, 3.05) is 17.7 Å². The molecule has 27 heavy (non-hydrogen) atoms. The summed E-state index contributed by atoms with van der Waals surface area (Å²) in [6, 6.07) is 5.35. The molecule has 3 rings (SSSR count). The summed E-state index contributed by atoms with van der Waals surface area (Å²) in [6.45, 7) is 5.70. The highest BCUT2D eigenvalue weighted by Gasteiger charge is 2.53. The molecule has 1 aromatic rings. The number of nitrogens with zero attached hydrogens (tertiary/aromatic N) is 1. The third-order valence-corrected chi connectivity index (χ3v) is 6.83. The van der Waals surface area contributed by atoms with Gasteiger partial charge in [0.05, 0.1) is 4.87 Å². The molecule has 146 valence electrons. The standard InChI is InChI=1S/C20H26N2O4S/c1-4-13-7-6-8-14(5-2)18(13)21-16(23)11-26-19(25)15-12-27-20(3)10-9-17(24)22(15)20/h6-8,15H,4-5,9-12H2,1-3H3,(H,21,23)/t15-,20-/m0/s1. The van der Waals surface area contributed by atoms with Crippen molar-refractivity contribution in [1.29, 1.82) is 0 Å². The lowest BCUT2D eigenvalue weighted by Gasteiger charge is -2.29. The number of fused-ring (bicyclic) bond motifs is 1. The lowest BCUT2D eigenvalue weighted by atomic mass is 10.0. The number of aryl methyl sites for hydroxylation is 2. The molecule has 2 saturated heterocycles. The van der Waals surface area contributed by atoms with E-state index in [4.69, 9.17) is 4.74 Å². The van der Waals surface area contributed by atoms with Crippen LogP contribution in [0.1, 0.15) is 44.7 Å². The van der Waals surface area contributed by atoms with Crippen molar-refractivity contribution in [3.8, 4) is 0 Å². The van der Waals surface area contributed by atoms with E-state index in [0.29, 0.717) is 12.2 Å². The molecule has 2 amide bonds. The van der Waals surface area contributed by atoms with Gasteiger partial charge in [-0.05, 0) is 37.3 Å². The third kappa shape index (κ3) is 3.83. The number of carbonyl (C=O) groups excluding carboxylic acids is 3. The Bertz CT molecular complexity index is 744. The zero-order valence-corrected chi connectivity index (χ0v) is 16.9. The highest BCUT2D eigenvalue weighted by molar-refractivity contribution is 8.01. The quantitative estimate of drug-likeness (QED) is 0.756. The highest BCUT2D eigenvalue weighted by Crippen LogP contribution is 2.47. The zero-order valence-electron chi connectivity index (χ0n) is 16.0. The fourth-order valence-electron chi connectivity index (χ4n) is 3.81. The summed E-state index contributed by atoms with van der Waals surface area (Å²) in [5, 5.41) is 2.89. The molecule has 6 nitrogen and oxygen atoms in total. The minimum absolute atomic E-state index is 0.0154. The van der Waals surface area contributed by atoms with E-state index in [0.717, 1.165) is 36.1 Å². The molecule has 0 aromatic heterocycles. The van der Waals surface area contributed by atoms with Crippen LogP contribution >= 0.6 is 11.8 Å². The number of ether oxygens (including phenoxy) is 1. The van der Waals surface area contributed by atoms with Crippen LogP contribution in [0.5, 0.6) is 0 Å². The number of hydrogen-bond donors (Lipinski definition) is 1. The molecular formula is C20H26N2O4S. The summed E-state index contributed by atoms with van der Waals surface area (Å²) in [7, 11) is 0. The van der Waals surface area contributed by atoms with Gasteiger partial charge < -0.3 is 15.0 Å². The van der Waals surface area contributed by atoms with Gasteiger partial charge in [0.25, 0.3) is 5.91 Å². The monoisotopic (exact) mass is 390 g/mol. The van der Waals surface area contributed by atoms with E-state index in [2.05, 4.69) is 5.32 Å². The second kappa shape index (κ2) is 7.92. The maximum atomic E-state index is 12.5. The third-order valence-electron chi connectivity index (χ3n) is 5.33. The molecule has 1 aromatic carbocycles. The molecule has 0 aliphatic carbocycles. The molecule has 0 radical (unpaired) electrons. The first-order valence-electron chi connectivity index (χ1n) is 9.43. The van der Waals surface area contributed by atoms with Gasteiger partial charge in [-0.1, -0.05) is 32.0 Å². The van der Waals surface area contributed by atoms with Gasteiger partial charge in [-0.3, -0.25) is 9.59 Å². The van der Waals surface area contributed by atoms with Crippen LogP contribution in [0.4, 0.5) is 5.69 Å². The summed E-state index contributed by atoms with van der Waals surface area (Å²) in [4.78, 5) is 38.3. The van der Waals surface area contributed by atoms with Crippen LogP contribution in [0.2, 0.25) is 0 Å². The summed E-state index contributed by atoms with van der Waals surface area (Å²) in [5.74, 6) is -0.365. The molecule has 0 unspecified atom stereocenters. The van der Waals surface area contributed by atoms with Gasteiger partial charge in [-0.25, -0.2) is 4.79 Å². The number of thioether (sulfide) groups is 1. The van der Waals surface area contributed by atoms with Crippen molar-refractivity contribution in [3.05, 3.63) is 29.3 Å². The average Bonchev–Trinajstić information content (AvgIpc) is 3.16. The van der Waals surface area contributed by atoms with Gasteiger partial charge in [0, 0.05) is 17.9 Å². The molecule has 2 aliphatic heterocycles. The van der Waals surface area contributed by atoms with Crippen LogP contribution in [0.3, 0.4) is 0 Å². The molecule has 2 fully saturated rings. The fraction of sp³-hybridized carbons (Fsp3) is 0.550. The van der Waals surface area contributed by atoms with Crippen molar-refractivity contribution in [2.24, 2.45) is 0 Å². The number of nitrogens with one attached hydrogen (secondary N) is 1. The Kier molecular flexibility index (Phi) is 5.79. The molecule has 2 atom stereocenters. The molecule has 0 saturated carbocycles. The Labute approximate surface area is 164 Å². The Morgan fingerprint density at radius 3 is 2.59 bits per heavy atom. The van der Waals surface area contributed by atoms with Gasteiger partial charge in [-0.15, -0.1) is 11.8 Å². The summed E-state index contributed by atoms with van der Waals surface area (Å²) in [6.07, 6.45) is 2.81. The van der Waals surface area contributed by atoms with E-state index in [1.807, 2.05) is 39.0 Å². The summed E-state index contributed by atoms with van der Waals surface area (Å²) < 4.78 is 5.25. The largest absolute Gasteiger partial charge is 0.454 e. The van der Waals surface area contributed by atoms with E-state index in [-0.39, 0.29) is 23.3 Å². The maximum Gasteiger partial charge on any atom is 0.330 e. The predicted molar refractivity (Wildman–Crippen MR) is 106 cm³/mol. The van der Waals surface area contributed by atoms with Crippen LogP contribution in [0, 0.1) is 0 Å². The number of carbonyl (C=O) groups is 3. The smallest absolute Gasteiger partial charge is 0.330 e. The van der Waals surface area contributed by atoms with Gasteiger partial charge in [0.1, 0.15) is 6.04 Å². The van der Waals surface area contributed by atoms with Crippen molar-refractivity contribution in [1.82, 2.24) is 4.90 Å². The van der Waals surface area contributed by atoms with Crippen molar-refractivity contribution < 1.29 is 19.1 Å². The first-order chi connectivity index (χ1) is 12.9. The van der Waals surface area contributed by atoms with Crippen LogP contribution in [0.25, 0.3) is 0 Å². The van der Waals surface area contributed by atoms with Gasteiger partial charge in [-0.2, -0.15) is 0 Å². The van der Waals surface area contributed by atoms with E-state index in [1.54, 1.807) is 16.7 Å². The zero-order chi connectivity index (χ0) is 19.6. The molecule has 1 N–H and O–H groups in total. The number of para-hydroxylation sites is 1. The second-order valence-corrected chi connectivity index (χ2v) is 8.58. The lowest BCUT2D eigenvalue weighted by Crippen LogP contribution is -2.47. The first-order valence-corrected chi connectivity index (χ1v) is 10.4. The van der Waals surface area contributed by atoms with E-state index in [9.17, 15) is 14.4 Å². The summed E-state index contributed by atoms with van der Waals surface area (Å²) >= 11 is 1.61. The highest BCUT2D eigenvalue weighted by atomic mass is 32.2. The SMILES string of the molecule is CCc1cccc(CC)c1NC(=O)COC(=O)[C@@H]1CS[C@@]2(C)CCC(=O)N12. The van der Waals surface area contributed by atoms with Gasteiger partial charge in [0.2, 0.25) is 5.91 Å². The predicted octanol–water partition coefficient (Wildman–Crippen LogP) is 2.75. The Balaban J connectivity index is 1.60. The number of hydrogen-bond acceptors (Lipinski definition) is 5. The fourth-order valence-corrected chi connectivity index (χ4v) is 5.22. The molecule has 7 heteroatoms. The van der Waals surface area contributed by atoms with Crippen molar-refractivity contribution >= 4 is 35.2 Å². The molecule has 0 spiro atoms. The van der Waals surface area contributed by atoms with Crippen LogP contribution in [0.15, 0.2) is 18.2 Å². The first kappa shape index (κ1) is 19.7. The van der Waals surface area contributed by atoms with E-state index < -0.39 is 12.0 Å². The van der Waals surface area contributed by atoms with Gasteiger partial charge in [0.15, 0.2) is 6.61 Å². The number of amides is 2. The van der Waals surface area contributed by atoms with Crippen LogP contribution in [-0.2, 0) is 32.0 Å². The number of anilines is 1. The number of esters is 1. The number of benzene rings is 1. The van der Waals surface area contributed by atoms with Crippen LogP contribution < -0.4 is 5.32 Å². The van der Waals surface area contributed by atoms with Crippen molar-refractivity contribution in [2.45, 2.75) is 57.4 Å². The van der Waals surface area contributed by atoms with Gasteiger partial charge >= 0.3 is 5.97 Å². The van der Waals surface area contributed by atoms with E-state index in [1.165, 1.54) is 0 Å². The minimum atomic E-state index is -0.600. The second-order valence-electron chi connectivity index (χ2n) is 7.08. The molecule has 2 aliphatic rings.